The molecule has 0 atom stereocenters. The zero-order chi connectivity index (χ0) is 18.8. The molecule has 0 bridgehead atoms. The number of hydrogen-bond acceptors (Lipinski definition) is 2. The Labute approximate surface area is 162 Å². The number of carbonyl (C=O) groups is 1. The van der Waals surface area contributed by atoms with Gasteiger partial charge >= 0.3 is 6.09 Å². The van der Waals surface area contributed by atoms with Crippen LogP contribution in [0.3, 0.4) is 0 Å². The topological polar surface area (TPSA) is 38.3 Å². The molecule has 0 radical (unpaired) electrons. The molecule has 132 valence electrons. The van der Waals surface area contributed by atoms with Crippen LogP contribution in [0.25, 0.3) is 11.1 Å². The van der Waals surface area contributed by atoms with Crippen LogP contribution in [0.2, 0.25) is 5.02 Å². The second-order valence-electron chi connectivity index (χ2n) is 6.29. The fourth-order valence-electron chi connectivity index (χ4n) is 3.46. The number of hydrogen-bond donors (Lipinski definition) is 1. The van der Waals surface area contributed by atoms with Crippen LogP contribution in [0.5, 0.6) is 0 Å². The van der Waals surface area contributed by atoms with E-state index in [1.54, 1.807) is 18.2 Å². The lowest BCUT2D eigenvalue weighted by Gasteiger charge is -2.15. The van der Waals surface area contributed by atoms with E-state index < -0.39 is 6.09 Å². The molecule has 0 spiro atoms. The van der Waals surface area contributed by atoms with Crippen molar-refractivity contribution in [2.24, 2.45) is 0 Å². The fourth-order valence-corrected chi connectivity index (χ4v) is 3.62. The molecule has 3 nitrogen and oxygen atoms in total. The molecule has 4 rings (SSSR count). The SMILES string of the molecule is C#Cc1ccc(Cl)c(NC(=O)OCC2c3ccccc3-c3ccccc32)c1. The summed E-state index contributed by atoms with van der Waals surface area (Å²) in [7, 11) is 0. The highest BCUT2D eigenvalue weighted by molar-refractivity contribution is 6.33. The van der Waals surface area contributed by atoms with Gasteiger partial charge in [-0.2, -0.15) is 0 Å². The minimum Gasteiger partial charge on any atom is -0.448 e. The highest BCUT2D eigenvalue weighted by atomic mass is 35.5. The molecule has 0 heterocycles. The molecule has 1 N–H and O–H groups in total. The van der Waals surface area contributed by atoms with Gasteiger partial charge in [0.1, 0.15) is 6.61 Å². The van der Waals surface area contributed by atoms with Crippen molar-refractivity contribution in [2.45, 2.75) is 5.92 Å². The molecule has 0 aromatic heterocycles. The van der Waals surface area contributed by atoms with E-state index >= 15 is 0 Å². The van der Waals surface area contributed by atoms with Crippen LogP contribution < -0.4 is 5.32 Å². The van der Waals surface area contributed by atoms with Gasteiger partial charge in [0.25, 0.3) is 0 Å². The number of nitrogens with one attached hydrogen (secondary N) is 1. The summed E-state index contributed by atoms with van der Waals surface area (Å²) in [5.41, 5.74) is 5.77. The monoisotopic (exact) mass is 373 g/mol. The number of benzene rings is 3. The van der Waals surface area contributed by atoms with Gasteiger partial charge in [-0.25, -0.2) is 4.79 Å². The van der Waals surface area contributed by atoms with E-state index in [-0.39, 0.29) is 12.5 Å². The zero-order valence-corrected chi connectivity index (χ0v) is 15.2. The first-order chi connectivity index (χ1) is 13.2. The maximum atomic E-state index is 12.3. The maximum Gasteiger partial charge on any atom is 0.411 e. The van der Waals surface area contributed by atoms with Gasteiger partial charge in [0, 0.05) is 11.5 Å². The Kier molecular flexibility index (Phi) is 4.58. The molecule has 27 heavy (non-hydrogen) atoms. The highest BCUT2D eigenvalue weighted by Crippen LogP contribution is 2.44. The summed E-state index contributed by atoms with van der Waals surface area (Å²) in [6, 6.07) is 21.4. The lowest BCUT2D eigenvalue weighted by molar-refractivity contribution is 0.158. The van der Waals surface area contributed by atoms with Crippen molar-refractivity contribution in [2.75, 3.05) is 11.9 Å². The molecule has 0 fully saturated rings. The van der Waals surface area contributed by atoms with Gasteiger partial charge in [-0.1, -0.05) is 66.1 Å². The molecule has 1 aliphatic carbocycles. The van der Waals surface area contributed by atoms with Crippen LogP contribution in [0.4, 0.5) is 10.5 Å². The zero-order valence-electron chi connectivity index (χ0n) is 14.4. The van der Waals surface area contributed by atoms with Crippen LogP contribution in [0.15, 0.2) is 66.7 Å². The third kappa shape index (κ3) is 3.28. The number of terminal acetylenes is 1. The van der Waals surface area contributed by atoms with E-state index in [1.165, 1.54) is 22.3 Å². The van der Waals surface area contributed by atoms with Gasteiger partial charge in [0.15, 0.2) is 0 Å². The molecule has 4 heteroatoms. The number of anilines is 1. The second-order valence-corrected chi connectivity index (χ2v) is 6.70. The normalized spacial score (nSPS) is 12.0. The molecule has 3 aromatic rings. The van der Waals surface area contributed by atoms with Crippen molar-refractivity contribution in [1.82, 2.24) is 0 Å². The summed E-state index contributed by atoms with van der Waals surface area (Å²) in [5, 5.41) is 3.07. The summed E-state index contributed by atoms with van der Waals surface area (Å²) < 4.78 is 5.51. The lowest BCUT2D eigenvalue weighted by atomic mass is 9.98. The van der Waals surface area contributed by atoms with Gasteiger partial charge in [0.2, 0.25) is 0 Å². The number of ether oxygens (including phenoxy) is 1. The summed E-state index contributed by atoms with van der Waals surface area (Å²) in [5.74, 6) is 2.53. The molecule has 0 aliphatic heterocycles. The molecular formula is C23H16ClNO2. The standard InChI is InChI=1S/C23H16ClNO2/c1-2-15-11-12-21(24)22(13-15)25-23(26)27-14-20-18-9-5-3-7-16(18)17-8-4-6-10-19(17)20/h1,3-13,20H,14H2,(H,25,26). The fraction of sp³-hybridized carbons (Fsp3) is 0.0870. The average Bonchev–Trinajstić information content (AvgIpc) is 3.02. The summed E-state index contributed by atoms with van der Waals surface area (Å²) in [4.78, 5) is 12.3. The van der Waals surface area contributed by atoms with Gasteiger partial charge in [-0.05, 0) is 40.5 Å². The second kappa shape index (κ2) is 7.19. The first kappa shape index (κ1) is 17.2. The van der Waals surface area contributed by atoms with Crippen molar-refractivity contribution in [3.8, 4) is 23.5 Å². The van der Waals surface area contributed by atoms with Crippen LogP contribution >= 0.6 is 11.6 Å². The number of carbonyl (C=O) groups excluding carboxylic acids is 1. The third-order valence-corrected chi connectivity index (χ3v) is 5.04. The predicted octanol–water partition coefficient (Wildman–Crippen LogP) is 5.68. The number of halogens is 1. The van der Waals surface area contributed by atoms with Crippen LogP contribution in [0.1, 0.15) is 22.6 Å². The highest BCUT2D eigenvalue weighted by Gasteiger charge is 2.29. The first-order valence-electron chi connectivity index (χ1n) is 8.55. The van der Waals surface area contributed by atoms with E-state index in [4.69, 9.17) is 22.8 Å². The third-order valence-electron chi connectivity index (χ3n) is 4.71. The van der Waals surface area contributed by atoms with Crippen LogP contribution in [-0.4, -0.2) is 12.7 Å². The number of amides is 1. The quantitative estimate of drug-likeness (QED) is 0.599. The largest absolute Gasteiger partial charge is 0.448 e. The Balaban J connectivity index is 1.51. The summed E-state index contributed by atoms with van der Waals surface area (Å²) in [6.07, 6.45) is 4.83. The van der Waals surface area contributed by atoms with Crippen LogP contribution in [0, 0.1) is 12.3 Å². The van der Waals surface area contributed by atoms with Crippen LogP contribution in [-0.2, 0) is 4.74 Å². The molecule has 0 unspecified atom stereocenters. The Morgan fingerprint density at radius 1 is 1.04 bits per heavy atom. The Hall–Kier alpha value is -3.22. The van der Waals surface area contributed by atoms with E-state index in [9.17, 15) is 4.79 Å². The van der Waals surface area contributed by atoms with E-state index in [1.807, 2.05) is 24.3 Å². The molecule has 0 saturated carbocycles. The van der Waals surface area contributed by atoms with Crippen molar-refractivity contribution < 1.29 is 9.53 Å². The molecule has 1 amide bonds. The minimum atomic E-state index is -0.562. The van der Waals surface area contributed by atoms with Crippen molar-refractivity contribution in [1.29, 1.82) is 0 Å². The van der Waals surface area contributed by atoms with Gasteiger partial charge in [-0.15, -0.1) is 6.42 Å². The first-order valence-corrected chi connectivity index (χ1v) is 8.93. The smallest absolute Gasteiger partial charge is 0.411 e. The molecular weight excluding hydrogens is 358 g/mol. The molecule has 3 aromatic carbocycles. The van der Waals surface area contributed by atoms with Gasteiger partial charge < -0.3 is 4.74 Å². The van der Waals surface area contributed by atoms with E-state index in [0.29, 0.717) is 16.3 Å². The Morgan fingerprint density at radius 3 is 2.30 bits per heavy atom. The summed E-state index contributed by atoms with van der Waals surface area (Å²) >= 11 is 6.12. The molecule has 0 saturated heterocycles. The van der Waals surface area contributed by atoms with E-state index in [2.05, 4.69) is 35.5 Å². The average molecular weight is 374 g/mol. The lowest BCUT2D eigenvalue weighted by Crippen LogP contribution is -2.18. The molecule has 1 aliphatic rings. The Bertz CT molecular complexity index is 1020. The van der Waals surface area contributed by atoms with Gasteiger partial charge in [-0.3, -0.25) is 5.32 Å². The van der Waals surface area contributed by atoms with Gasteiger partial charge in [0.05, 0.1) is 10.7 Å². The summed E-state index contributed by atoms with van der Waals surface area (Å²) in [6.45, 7) is 0.242. The van der Waals surface area contributed by atoms with E-state index in [0.717, 1.165) is 0 Å². The Morgan fingerprint density at radius 2 is 1.67 bits per heavy atom. The number of fused-ring (bicyclic) bond motifs is 3. The minimum absolute atomic E-state index is 0.00987. The maximum absolute atomic E-state index is 12.3. The number of rotatable bonds is 3. The van der Waals surface area contributed by atoms with Crippen molar-refractivity contribution in [3.05, 3.63) is 88.4 Å². The predicted molar refractivity (Wildman–Crippen MR) is 108 cm³/mol. The van der Waals surface area contributed by atoms with Crippen molar-refractivity contribution in [3.63, 3.8) is 0 Å². The van der Waals surface area contributed by atoms with Crippen molar-refractivity contribution >= 4 is 23.4 Å².